The van der Waals surface area contributed by atoms with Crippen LogP contribution in [0, 0.1) is 6.92 Å². The molecule has 13 heavy (non-hydrogen) atoms. The van der Waals surface area contributed by atoms with Crippen molar-refractivity contribution in [3.8, 4) is 5.75 Å². The SMILES string of the molecule is CC(=O)[C@@H](O)c1ccc(C)cc1O. The van der Waals surface area contributed by atoms with E-state index in [1.165, 1.54) is 13.0 Å². The van der Waals surface area contributed by atoms with E-state index in [0.29, 0.717) is 0 Å². The molecule has 0 saturated carbocycles. The van der Waals surface area contributed by atoms with Crippen LogP contribution in [0.2, 0.25) is 0 Å². The molecule has 0 unspecified atom stereocenters. The topological polar surface area (TPSA) is 57.5 Å². The summed E-state index contributed by atoms with van der Waals surface area (Å²) in [5.74, 6) is -0.415. The van der Waals surface area contributed by atoms with E-state index in [-0.39, 0.29) is 17.1 Å². The Balaban J connectivity index is 3.08. The van der Waals surface area contributed by atoms with Gasteiger partial charge in [0.15, 0.2) is 5.78 Å². The van der Waals surface area contributed by atoms with Gasteiger partial charge < -0.3 is 10.2 Å². The van der Waals surface area contributed by atoms with Gasteiger partial charge in [-0.25, -0.2) is 0 Å². The van der Waals surface area contributed by atoms with E-state index in [2.05, 4.69) is 0 Å². The second kappa shape index (κ2) is 3.58. The van der Waals surface area contributed by atoms with Crippen LogP contribution in [0.1, 0.15) is 24.2 Å². The maximum absolute atomic E-state index is 10.8. The Morgan fingerprint density at radius 1 is 1.46 bits per heavy atom. The molecule has 1 atom stereocenters. The third-order valence-corrected chi connectivity index (χ3v) is 1.87. The first-order valence-electron chi connectivity index (χ1n) is 4.00. The number of ketones is 1. The molecule has 0 radical (unpaired) electrons. The molecular formula is C10H12O3. The van der Waals surface area contributed by atoms with Crippen LogP contribution in [-0.4, -0.2) is 16.0 Å². The van der Waals surface area contributed by atoms with Crippen LogP contribution >= 0.6 is 0 Å². The van der Waals surface area contributed by atoms with Crippen molar-refractivity contribution in [2.45, 2.75) is 20.0 Å². The van der Waals surface area contributed by atoms with E-state index in [1.54, 1.807) is 12.1 Å². The summed E-state index contributed by atoms with van der Waals surface area (Å²) in [5.41, 5.74) is 1.15. The average molecular weight is 180 g/mol. The van der Waals surface area contributed by atoms with E-state index in [4.69, 9.17) is 0 Å². The van der Waals surface area contributed by atoms with Crippen LogP contribution in [-0.2, 0) is 4.79 Å². The molecule has 0 aliphatic rings. The highest BCUT2D eigenvalue weighted by atomic mass is 16.3. The summed E-state index contributed by atoms with van der Waals surface area (Å²) < 4.78 is 0. The molecular weight excluding hydrogens is 168 g/mol. The molecule has 3 nitrogen and oxygen atoms in total. The van der Waals surface area contributed by atoms with E-state index >= 15 is 0 Å². The first-order valence-corrected chi connectivity index (χ1v) is 4.00. The molecule has 1 rings (SSSR count). The second-order valence-corrected chi connectivity index (χ2v) is 3.08. The smallest absolute Gasteiger partial charge is 0.162 e. The normalized spacial score (nSPS) is 12.5. The Kier molecular flexibility index (Phi) is 2.68. The molecule has 0 heterocycles. The van der Waals surface area contributed by atoms with Crippen LogP contribution in [0.4, 0.5) is 0 Å². The minimum atomic E-state index is -1.22. The molecule has 0 aromatic heterocycles. The molecule has 1 aromatic carbocycles. The highest BCUT2D eigenvalue weighted by molar-refractivity contribution is 5.82. The number of aliphatic hydroxyl groups is 1. The van der Waals surface area contributed by atoms with Crippen molar-refractivity contribution < 1.29 is 15.0 Å². The molecule has 1 aromatic rings. The molecule has 0 amide bonds. The van der Waals surface area contributed by atoms with Crippen LogP contribution in [0.25, 0.3) is 0 Å². The Bertz CT molecular complexity index is 331. The maximum atomic E-state index is 10.8. The zero-order valence-electron chi connectivity index (χ0n) is 7.61. The number of phenols is 1. The van der Waals surface area contributed by atoms with Crippen LogP contribution in [0.15, 0.2) is 18.2 Å². The third kappa shape index (κ3) is 2.06. The fourth-order valence-electron chi connectivity index (χ4n) is 1.10. The van der Waals surface area contributed by atoms with Crippen molar-refractivity contribution in [2.24, 2.45) is 0 Å². The summed E-state index contributed by atoms with van der Waals surface area (Å²) >= 11 is 0. The molecule has 70 valence electrons. The van der Waals surface area contributed by atoms with E-state index in [9.17, 15) is 15.0 Å². The van der Waals surface area contributed by atoms with Gasteiger partial charge in [0.25, 0.3) is 0 Å². The molecule has 0 aliphatic carbocycles. The number of aryl methyl sites for hydroxylation is 1. The number of Topliss-reactive ketones (excluding diaryl/α,β-unsaturated/α-hetero) is 1. The Hall–Kier alpha value is -1.35. The number of phenolic OH excluding ortho intramolecular Hbond substituents is 1. The van der Waals surface area contributed by atoms with Crippen LogP contribution in [0.3, 0.4) is 0 Å². The lowest BCUT2D eigenvalue weighted by Gasteiger charge is -2.09. The zero-order valence-corrected chi connectivity index (χ0v) is 7.61. The van der Waals surface area contributed by atoms with Crippen molar-refractivity contribution in [1.29, 1.82) is 0 Å². The fourth-order valence-corrected chi connectivity index (χ4v) is 1.10. The molecule has 0 fully saturated rings. The van der Waals surface area contributed by atoms with Gasteiger partial charge in [0, 0.05) is 5.56 Å². The fraction of sp³-hybridized carbons (Fsp3) is 0.300. The van der Waals surface area contributed by atoms with Gasteiger partial charge in [0.05, 0.1) is 0 Å². The minimum absolute atomic E-state index is 0.0392. The standard InChI is InChI=1S/C10H12O3/c1-6-3-4-8(9(12)5-6)10(13)7(2)11/h3-5,10,12-13H,1-2H3/t10-/m1/s1. The number of aromatic hydroxyl groups is 1. The predicted molar refractivity (Wildman–Crippen MR) is 48.5 cm³/mol. The van der Waals surface area contributed by atoms with E-state index < -0.39 is 6.10 Å². The van der Waals surface area contributed by atoms with Gasteiger partial charge >= 0.3 is 0 Å². The maximum Gasteiger partial charge on any atom is 0.162 e. The van der Waals surface area contributed by atoms with Gasteiger partial charge in [-0.2, -0.15) is 0 Å². The lowest BCUT2D eigenvalue weighted by Crippen LogP contribution is -2.07. The Morgan fingerprint density at radius 2 is 2.08 bits per heavy atom. The Labute approximate surface area is 76.6 Å². The Morgan fingerprint density at radius 3 is 2.54 bits per heavy atom. The zero-order chi connectivity index (χ0) is 10.0. The molecule has 0 bridgehead atoms. The first-order chi connectivity index (χ1) is 6.02. The highest BCUT2D eigenvalue weighted by Crippen LogP contribution is 2.25. The summed E-state index contributed by atoms with van der Waals surface area (Å²) in [5, 5.41) is 18.8. The number of hydrogen-bond donors (Lipinski definition) is 2. The molecule has 0 spiro atoms. The average Bonchev–Trinajstić information content (AvgIpc) is 2.03. The number of carbonyl (C=O) groups excluding carboxylic acids is 1. The van der Waals surface area contributed by atoms with Crippen molar-refractivity contribution >= 4 is 5.78 Å². The minimum Gasteiger partial charge on any atom is -0.508 e. The monoisotopic (exact) mass is 180 g/mol. The number of aliphatic hydroxyl groups excluding tert-OH is 1. The molecule has 3 heteroatoms. The number of rotatable bonds is 2. The van der Waals surface area contributed by atoms with Gasteiger partial charge in [-0.1, -0.05) is 12.1 Å². The van der Waals surface area contributed by atoms with E-state index in [1.807, 2.05) is 6.92 Å². The van der Waals surface area contributed by atoms with Gasteiger partial charge in [0.1, 0.15) is 11.9 Å². The number of carbonyl (C=O) groups is 1. The van der Waals surface area contributed by atoms with Crippen molar-refractivity contribution in [2.75, 3.05) is 0 Å². The van der Waals surface area contributed by atoms with Gasteiger partial charge in [-0.15, -0.1) is 0 Å². The second-order valence-electron chi connectivity index (χ2n) is 3.08. The number of hydrogen-bond acceptors (Lipinski definition) is 3. The quantitative estimate of drug-likeness (QED) is 0.721. The van der Waals surface area contributed by atoms with E-state index in [0.717, 1.165) is 5.56 Å². The molecule has 0 saturated heterocycles. The summed E-state index contributed by atoms with van der Waals surface area (Å²) in [6.45, 7) is 3.10. The highest BCUT2D eigenvalue weighted by Gasteiger charge is 2.16. The predicted octanol–water partition coefficient (Wildman–Crippen LogP) is 1.32. The summed E-state index contributed by atoms with van der Waals surface area (Å²) in [6.07, 6.45) is -1.22. The van der Waals surface area contributed by atoms with Crippen LogP contribution < -0.4 is 0 Å². The van der Waals surface area contributed by atoms with Gasteiger partial charge in [-0.05, 0) is 25.5 Å². The van der Waals surface area contributed by atoms with Crippen molar-refractivity contribution in [3.05, 3.63) is 29.3 Å². The largest absolute Gasteiger partial charge is 0.508 e. The van der Waals surface area contributed by atoms with Gasteiger partial charge in [0.2, 0.25) is 0 Å². The molecule has 0 aliphatic heterocycles. The van der Waals surface area contributed by atoms with Gasteiger partial charge in [-0.3, -0.25) is 4.79 Å². The third-order valence-electron chi connectivity index (χ3n) is 1.87. The molecule has 2 N–H and O–H groups in total. The van der Waals surface area contributed by atoms with Crippen molar-refractivity contribution in [3.63, 3.8) is 0 Å². The number of benzene rings is 1. The van der Waals surface area contributed by atoms with Crippen LogP contribution in [0.5, 0.6) is 5.75 Å². The summed E-state index contributed by atoms with van der Waals surface area (Å²) in [6, 6.07) is 4.80. The lowest BCUT2D eigenvalue weighted by atomic mass is 10.0. The van der Waals surface area contributed by atoms with Crippen molar-refractivity contribution in [1.82, 2.24) is 0 Å². The summed E-state index contributed by atoms with van der Waals surface area (Å²) in [7, 11) is 0. The first kappa shape index (κ1) is 9.74. The summed E-state index contributed by atoms with van der Waals surface area (Å²) in [4.78, 5) is 10.8. The lowest BCUT2D eigenvalue weighted by molar-refractivity contribution is -0.125.